The van der Waals surface area contributed by atoms with Gasteiger partial charge >= 0.3 is 0 Å². The molecule has 0 saturated heterocycles. The van der Waals surface area contributed by atoms with E-state index in [4.69, 9.17) is 32.7 Å². The summed E-state index contributed by atoms with van der Waals surface area (Å²) in [6.07, 6.45) is 0. The number of rotatable bonds is 7. The normalized spacial score (nSPS) is 11.5. The molecule has 0 fully saturated rings. The summed E-state index contributed by atoms with van der Waals surface area (Å²) in [5.74, 6) is 0.154. The quantitative estimate of drug-likeness (QED) is 0.344. The van der Waals surface area contributed by atoms with Crippen LogP contribution in [0.5, 0.6) is 11.6 Å². The fourth-order valence-corrected chi connectivity index (χ4v) is 4.55. The third kappa shape index (κ3) is 4.29. The highest BCUT2D eigenvalue weighted by Crippen LogP contribution is 2.31. The van der Waals surface area contributed by atoms with Gasteiger partial charge < -0.3 is 9.47 Å². The lowest BCUT2D eigenvalue weighted by atomic mass is 10.1. The lowest BCUT2D eigenvalue weighted by Gasteiger charge is -2.06. The number of hydrogen-bond donors (Lipinski definition) is 0. The van der Waals surface area contributed by atoms with E-state index in [1.165, 1.54) is 31.4 Å². The number of ketones is 1. The number of halogens is 2. The number of Topliss-reactive ketones (excluding diaryl/α,β-unsaturated/α-hetero) is 1. The highest BCUT2D eigenvalue weighted by molar-refractivity contribution is 7.90. The lowest BCUT2D eigenvalue weighted by molar-refractivity contribution is 0.0919. The summed E-state index contributed by atoms with van der Waals surface area (Å²) < 4.78 is 38.2. The molecule has 3 aromatic carbocycles. The third-order valence-electron chi connectivity index (χ3n) is 4.67. The zero-order chi connectivity index (χ0) is 22.9. The van der Waals surface area contributed by atoms with E-state index in [-0.39, 0.29) is 28.7 Å². The Morgan fingerprint density at radius 2 is 1.59 bits per heavy atom. The molecule has 7 nitrogen and oxygen atoms in total. The summed E-state index contributed by atoms with van der Waals surface area (Å²) in [6, 6.07) is 16.9. The van der Waals surface area contributed by atoms with Crippen LogP contribution in [-0.2, 0) is 10.0 Å². The molecular weight excluding hydrogens is 475 g/mol. The third-order valence-corrected chi connectivity index (χ3v) is 6.77. The minimum atomic E-state index is -4.05. The Kier molecular flexibility index (Phi) is 6.10. The zero-order valence-electron chi connectivity index (χ0n) is 16.7. The molecule has 10 heteroatoms. The summed E-state index contributed by atoms with van der Waals surface area (Å²) in [7, 11) is -2.56. The van der Waals surface area contributed by atoms with Crippen molar-refractivity contribution in [3.63, 3.8) is 0 Å². The van der Waals surface area contributed by atoms with Crippen LogP contribution in [-0.4, -0.2) is 37.1 Å². The highest BCUT2D eigenvalue weighted by Gasteiger charge is 2.24. The summed E-state index contributed by atoms with van der Waals surface area (Å²) in [5, 5.41) is 5.45. The molecule has 0 aliphatic rings. The first-order valence-corrected chi connectivity index (χ1v) is 11.5. The van der Waals surface area contributed by atoms with Crippen LogP contribution in [0.15, 0.2) is 71.6 Å². The van der Waals surface area contributed by atoms with E-state index in [2.05, 4.69) is 5.10 Å². The number of carbonyl (C=O) groups is 1. The molecule has 0 aliphatic heterocycles. The van der Waals surface area contributed by atoms with Crippen LogP contribution < -0.4 is 9.47 Å². The Balaban J connectivity index is 1.73. The molecule has 32 heavy (non-hydrogen) atoms. The molecule has 0 bridgehead atoms. The Bertz CT molecular complexity index is 1400. The van der Waals surface area contributed by atoms with Crippen molar-refractivity contribution < 1.29 is 22.7 Å². The van der Waals surface area contributed by atoms with Crippen molar-refractivity contribution in [2.75, 3.05) is 13.7 Å². The van der Waals surface area contributed by atoms with Gasteiger partial charge in [-0.05, 0) is 66.7 Å². The number of nitrogens with zero attached hydrogens (tertiary/aromatic N) is 2. The lowest BCUT2D eigenvalue weighted by Crippen LogP contribution is -2.15. The first-order chi connectivity index (χ1) is 15.3. The second kappa shape index (κ2) is 8.82. The van der Waals surface area contributed by atoms with Crippen LogP contribution in [0, 0.1) is 0 Å². The van der Waals surface area contributed by atoms with Gasteiger partial charge in [0.1, 0.15) is 5.75 Å². The number of carbonyl (C=O) groups excluding carboxylic acids is 1. The van der Waals surface area contributed by atoms with E-state index in [1.807, 2.05) is 0 Å². The van der Waals surface area contributed by atoms with E-state index < -0.39 is 10.0 Å². The average Bonchev–Trinajstić information content (AvgIpc) is 3.17. The van der Waals surface area contributed by atoms with E-state index in [1.54, 1.807) is 42.5 Å². The van der Waals surface area contributed by atoms with Gasteiger partial charge in [-0.3, -0.25) is 4.79 Å². The van der Waals surface area contributed by atoms with Crippen molar-refractivity contribution in [2.24, 2.45) is 0 Å². The van der Waals surface area contributed by atoms with E-state index in [0.29, 0.717) is 26.7 Å². The number of fused-ring (bicyclic) bond motifs is 1. The molecule has 0 spiro atoms. The first-order valence-electron chi connectivity index (χ1n) is 9.29. The Morgan fingerprint density at radius 3 is 2.22 bits per heavy atom. The van der Waals surface area contributed by atoms with Gasteiger partial charge in [-0.15, -0.1) is 9.19 Å². The van der Waals surface area contributed by atoms with E-state index >= 15 is 0 Å². The zero-order valence-corrected chi connectivity index (χ0v) is 19.0. The van der Waals surface area contributed by atoms with E-state index in [9.17, 15) is 13.2 Å². The highest BCUT2D eigenvalue weighted by atomic mass is 35.5. The Morgan fingerprint density at radius 1 is 0.969 bits per heavy atom. The van der Waals surface area contributed by atoms with Gasteiger partial charge in [-0.2, -0.15) is 8.42 Å². The van der Waals surface area contributed by atoms with Gasteiger partial charge in [0.15, 0.2) is 12.4 Å². The topological polar surface area (TPSA) is 87.5 Å². The molecule has 0 saturated carbocycles. The van der Waals surface area contributed by atoms with Crippen LogP contribution in [0.4, 0.5) is 0 Å². The van der Waals surface area contributed by atoms with Gasteiger partial charge in [0.2, 0.25) is 5.88 Å². The van der Waals surface area contributed by atoms with Gasteiger partial charge in [-0.25, -0.2) is 0 Å². The maximum absolute atomic E-state index is 13.2. The monoisotopic (exact) mass is 490 g/mol. The predicted octanol–water partition coefficient (Wildman–Crippen LogP) is 4.85. The van der Waals surface area contributed by atoms with Crippen molar-refractivity contribution in [1.82, 2.24) is 9.19 Å². The minimum absolute atomic E-state index is 0.00547. The molecular formula is C22H16Cl2N2O5S. The summed E-state index contributed by atoms with van der Waals surface area (Å²) in [6.45, 7) is -0.341. The van der Waals surface area contributed by atoms with E-state index in [0.717, 1.165) is 4.09 Å². The largest absolute Gasteiger partial charge is 0.497 e. The number of methoxy groups -OCH3 is 1. The van der Waals surface area contributed by atoms with Crippen molar-refractivity contribution in [3.05, 3.63) is 82.3 Å². The molecule has 1 heterocycles. The fraction of sp³-hybridized carbons (Fsp3) is 0.0909. The predicted molar refractivity (Wildman–Crippen MR) is 122 cm³/mol. The SMILES string of the molecule is COc1ccc2c(c1)c(OCC(=O)c1ccc(Cl)cc1)nn2S(=O)(=O)c1ccc(Cl)cc1. The van der Waals surface area contributed by atoms with Gasteiger partial charge in [0.05, 0.1) is 22.9 Å². The fourth-order valence-electron chi connectivity index (χ4n) is 3.02. The smallest absolute Gasteiger partial charge is 0.283 e. The van der Waals surface area contributed by atoms with Crippen LogP contribution >= 0.6 is 23.2 Å². The van der Waals surface area contributed by atoms with Crippen LogP contribution in [0.2, 0.25) is 10.0 Å². The van der Waals surface area contributed by atoms with Gasteiger partial charge in [-0.1, -0.05) is 23.2 Å². The number of ether oxygens (including phenoxy) is 2. The second-order valence-corrected chi connectivity index (χ2v) is 9.35. The molecule has 4 aromatic rings. The first kappa shape index (κ1) is 22.1. The van der Waals surface area contributed by atoms with Gasteiger partial charge in [0, 0.05) is 15.6 Å². The molecule has 1 aromatic heterocycles. The van der Waals surface area contributed by atoms with Crippen molar-refractivity contribution >= 4 is 49.9 Å². The molecule has 0 atom stereocenters. The molecule has 0 radical (unpaired) electrons. The molecule has 164 valence electrons. The standard InChI is InChI=1S/C22H16Cl2N2O5S/c1-30-17-8-11-20-19(12-17)22(31-13-21(27)14-2-4-15(23)5-3-14)25-26(20)32(28,29)18-9-6-16(24)7-10-18/h2-12H,13H2,1H3. The average molecular weight is 491 g/mol. The summed E-state index contributed by atoms with van der Waals surface area (Å²) in [5.41, 5.74) is 0.680. The number of benzene rings is 3. The van der Waals surface area contributed by atoms with Crippen molar-refractivity contribution in [2.45, 2.75) is 4.90 Å². The minimum Gasteiger partial charge on any atom is -0.497 e. The Labute approximate surface area is 194 Å². The molecule has 0 N–H and O–H groups in total. The summed E-state index contributed by atoms with van der Waals surface area (Å²) >= 11 is 11.7. The van der Waals surface area contributed by atoms with Gasteiger partial charge in [0.25, 0.3) is 10.0 Å². The summed E-state index contributed by atoms with van der Waals surface area (Å²) in [4.78, 5) is 12.5. The number of aromatic nitrogens is 2. The molecule has 0 unspecified atom stereocenters. The van der Waals surface area contributed by atoms with Crippen molar-refractivity contribution in [1.29, 1.82) is 0 Å². The molecule has 0 amide bonds. The maximum Gasteiger partial charge on any atom is 0.283 e. The van der Waals surface area contributed by atoms with Crippen LogP contribution in [0.25, 0.3) is 10.9 Å². The van der Waals surface area contributed by atoms with Crippen LogP contribution in [0.1, 0.15) is 10.4 Å². The molecule has 4 rings (SSSR count). The second-order valence-electron chi connectivity index (χ2n) is 6.71. The number of hydrogen-bond acceptors (Lipinski definition) is 6. The van der Waals surface area contributed by atoms with Crippen LogP contribution in [0.3, 0.4) is 0 Å². The maximum atomic E-state index is 13.2. The molecule has 0 aliphatic carbocycles. The van der Waals surface area contributed by atoms with Crippen molar-refractivity contribution in [3.8, 4) is 11.6 Å². The Hall–Kier alpha value is -3.07.